The third-order valence-electron chi connectivity index (χ3n) is 8.01. The van der Waals surface area contributed by atoms with E-state index < -0.39 is 0 Å². The lowest BCUT2D eigenvalue weighted by Gasteiger charge is -2.63. The van der Waals surface area contributed by atoms with Gasteiger partial charge in [-0.2, -0.15) is 0 Å². The minimum Gasteiger partial charge on any atom is -0.455 e. The van der Waals surface area contributed by atoms with E-state index in [0.717, 1.165) is 11.8 Å². The molecule has 4 bridgehead atoms. The lowest BCUT2D eigenvalue weighted by Crippen LogP contribution is -2.63. The van der Waals surface area contributed by atoms with Gasteiger partial charge in [-0.1, -0.05) is 20.4 Å². The topological polar surface area (TPSA) is 26.3 Å². The van der Waals surface area contributed by atoms with Gasteiger partial charge in [0.15, 0.2) is 0 Å². The third kappa shape index (κ3) is 2.56. The molecule has 0 spiro atoms. The van der Waals surface area contributed by atoms with Gasteiger partial charge in [0.25, 0.3) is 0 Å². The fraction of sp³-hybridized carbons (Fsp3) is 0.864. The molecule has 0 N–H and O–H groups in total. The molecule has 0 radical (unpaired) electrons. The molecule has 5 aliphatic rings. The van der Waals surface area contributed by atoms with Crippen LogP contribution in [0.1, 0.15) is 78.6 Å². The van der Waals surface area contributed by atoms with Crippen LogP contribution in [0.25, 0.3) is 0 Å². The Hall–Kier alpha value is -0.790. The highest BCUT2D eigenvalue weighted by atomic mass is 16.6. The highest BCUT2D eigenvalue weighted by molar-refractivity contribution is 5.87. The van der Waals surface area contributed by atoms with Gasteiger partial charge in [-0.3, -0.25) is 0 Å². The molecule has 0 saturated heterocycles. The summed E-state index contributed by atoms with van der Waals surface area (Å²) < 4.78 is 6.45. The number of esters is 1. The lowest BCUT2D eigenvalue weighted by atomic mass is 9.45. The van der Waals surface area contributed by atoms with Crippen LogP contribution < -0.4 is 0 Å². The number of hydrogen-bond acceptors (Lipinski definition) is 2. The molecule has 5 fully saturated rings. The number of carbonyl (C=O) groups is 1. The fourth-order valence-corrected chi connectivity index (χ4v) is 6.94. The molecule has 2 heteroatoms. The van der Waals surface area contributed by atoms with Crippen molar-refractivity contribution in [1.29, 1.82) is 0 Å². The Morgan fingerprint density at radius 2 is 1.42 bits per heavy atom. The maximum atomic E-state index is 12.6. The summed E-state index contributed by atoms with van der Waals surface area (Å²) in [5.41, 5.74) is 0.862. The van der Waals surface area contributed by atoms with E-state index in [9.17, 15) is 4.79 Å². The van der Waals surface area contributed by atoms with Gasteiger partial charge in [-0.25, -0.2) is 4.79 Å². The first-order valence-corrected chi connectivity index (χ1v) is 10.2. The fourth-order valence-electron chi connectivity index (χ4n) is 6.94. The predicted molar refractivity (Wildman–Crippen MR) is 96.4 cm³/mol. The third-order valence-corrected chi connectivity index (χ3v) is 8.01. The molecule has 0 aromatic heterocycles. The van der Waals surface area contributed by atoms with E-state index in [1.807, 2.05) is 0 Å². The van der Waals surface area contributed by atoms with Crippen LogP contribution in [0.3, 0.4) is 0 Å². The Kier molecular flexibility index (Phi) is 3.89. The summed E-state index contributed by atoms with van der Waals surface area (Å²) in [5, 5.41) is 0. The molecule has 2 nitrogen and oxygen atoms in total. The van der Waals surface area contributed by atoms with Crippen LogP contribution in [0.2, 0.25) is 0 Å². The van der Waals surface area contributed by atoms with Gasteiger partial charge in [-0.15, -0.1) is 0 Å². The molecule has 0 aliphatic heterocycles. The molecule has 134 valence electrons. The van der Waals surface area contributed by atoms with E-state index in [4.69, 9.17) is 4.74 Å². The Morgan fingerprint density at radius 1 is 0.917 bits per heavy atom. The summed E-state index contributed by atoms with van der Waals surface area (Å²) in [6.07, 6.45) is 11.7. The monoisotopic (exact) mass is 330 g/mol. The summed E-state index contributed by atoms with van der Waals surface area (Å²) >= 11 is 0. The van der Waals surface area contributed by atoms with Gasteiger partial charge in [0.05, 0.1) is 0 Å². The quantitative estimate of drug-likeness (QED) is 0.503. The standard InChI is InChI=1S/C22H34O2/c1-14(2)20(23)24-22(17-5-7-21(3,4)8-6-17)18-10-15-9-16(12-18)13-19(22)11-15/h15-19H,1,5-13H2,2-4H3. The van der Waals surface area contributed by atoms with Gasteiger partial charge in [-0.05, 0) is 99.7 Å². The van der Waals surface area contributed by atoms with Crippen LogP contribution in [0, 0.1) is 35.0 Å². The van der Waals surface area contributed by atoms with Crippen molar-refractivity contribution in [2.24, 2.45) is 35.0 Å². The SMILES string of the molecule is C=C(C)C(=O)OC1(C2CCC(C)(C)CC2)C2CC3CC(C2)CC1C3. The van der Waals surface area contributed by atoms with E-state index in [-0.39, 0.29) is 11.6 Å². The van der Waals surface area contributed by atoms with Crippen molar-refractivity contribution >= 4 is 5.97 Å². The molecule has 0 atom stereocenters. The van der Waals surface area contributed by atoms with E-state index in [0.29, 0.717) is 28.7 Å². The molecular formula is C22H34O2. The van der Waals surface area contributed by atoms with E-state index in [2.05, 4.69) is 20.4 Å². The summed E-state index contributed by atoms with van der Waals surface area (Å²) in [6.45, 7) is 10.5. The zero-order valence-corrected chi connectivity index (χ0v) is 15.8. The molecule has 0 heterocycles. The number of ether oxygens (including phenoxy) is 1. The molecule has 0 amide bonds. The molecule has 0 aromatic rings. The van der Waals surface area contributed by atoms with Crippen LogP contribution in [0.4, 0.5) is 0 Å². The normalized spacial score (nSPS) is 43.6. The molecule has 24 heavy (non-hydrogen) atoms. The molecule has 5 saturated carbocycles. The van der Waals surface area contributed by atoms with Crippen LogP contribution in [-0.4, -0.2) is 11.6 Å². The van der Waals surface area contributed by atoms with Gasteiger partial charge < -0.3 is 4.74 Å². The zero-order valence-electron chi connectivity index (χ0n) is 15.8. The molecule has 5 aliphatic carbocycles. The lowest BCUT2D eigenvalue weighted by molar-refractivity contribution is -0.231. The first-order chi connectivity index (χ1) is 11.3. The maximum Gasteiger partial charge on any atom is 0.333 e. The second kappa shape index (κ2) is 5.61. The van der Waals surface area contributed by atoms with E-state index >= 15 is 0 Å². The minimum atomic E-state index is -0.167. The number of rotatable bonds is 3. The van der Waals surface area contributed by atoms with Crippen LogP contribution in [-0.2, 0) is 9.53 Å². The Bertz CT molecular complexity index is 506. The molecule has 5 rings (SSSR count). The Balaban J connectivity index is 1.66. The van der Waals surface area contributed by atoms with E-state index in [1.165, 1.54) is 57.8 Å². The average molecular weight is 331 g/mol. The minimum absolute atomic E-state index is 0.132. The Labute approximate surface area is 147 Å². The van der Waals surface area contributed by atoms with Crippen molar-refractivity contribution < 1.29 is 9.53 Å². The first kappa shape index (κ1) is 16.7. The molecular weight excluding hydrogens is 296 g/mol. The second-order valence-corrected chi connectivity index (χ2v) is 10.3. The first-order valence-electron chi connectivity index (χ1n) is 10.2. The van der Waals surface area contributed by atoms with Gasteiger partial charge in [0, 0.05) is 5.57 Å². The summed E-state index contributed by atoms with van der Waals surface area (Å²) in [5.74, 6) is 3.48. The highest BCUT2D eigenvalue weighted by Crippen LogP contribution is 2.64. The zero-order chi connectivity index (χ0) is 17.1. The maximum absolute atomic E-state index is 12.6. The van der Waals surface area contributed by atoms with Crippen molar-refractivity contribution in [3.63, 3.8) is 0 Å². The summed E-state index contributed by atoms with van der Waals surface area (Å²) in [7, 11) is 0. The Morgan fingerprint density at radius 3 is 1.88 bits per heavy atom. The number of carbonyl (C=O) groups excluding carboxylic acids is 1. The predicted octanol–water partition coefficient (Wildman–Crippen LogP) is 5.52. The summed E-state index contributed by atoms with van der Waals surface area (Å²) in [4.78, 5) is 12.6. The molecule has 0 aromatic carbocycles. The average Bonchev–Trinajstić information content (AvgIpc) is 2.50. The molecule has 0 unspecified atom stereocenters. The largest absolute Gasteiger partial charge is 0.455 e. The van der Waals surface area contributed by atoms with Crippen molar-refractivity contribution in [1.82, 2.24) is 0 Å². The van der Waals surface area contributed by atoms with Gasteiger partial charge in [0.1, 0.15) is 5.60 Å². The van der Waals surface area contributed by atoms with Crippen molar-refractivity contribution in [2.75, 3.05) is 0 Å². The second-order valence-electron chi connectivity index (χ2n) is 10.3. The number of hydrogen-bond donors (Lipinski definition) is 0. The van der Waals surface area contributed by atoms with Gasteiger partial charge >= 0.3 is 5.97 Å². The summed E-state index contributed by atoms with van der Waals surface area (Å²) in [6, 6.07) is 0. The highest BCUT2D eigenvalue weighted by Gasteiger charge is 2.62. The van der Waals surface area contributed by atoms with E-state index in [1.54, 1.807) is 6.92 Å². The van der Waals surface area contributed by atoms with Crippen molar-refractivity contribution in [3.05, 3.63) is 12.2 Å². The van der Waals surface area contributed by atoms with Crippen LogP contribution in [0.15, 0.2) is 12.2 Å². The van der Waals surface area contributed by atoms with Crippen LogP contribution in [0.5, 0.6) is 0 Å². The van der Waals surface area contributed by atoms with Crippen LogP contribution >= 0.6 is 0 Å². The smallest absolute Gasteiger partial charge is 0.333 e. The van der Waals surface area contributed by atoms with Crippen molar-refractivity contribution in [3.8, 4) is 0 Å². The van der Waals surface area contributed by atoms with Gasteiger partial charge in [0.2, 0.25) is 0 Å². The van der Waals surface area contributed by atoms with Crippen molar-refractivity contribution in [2.45, 2.75) is 84.2 Å².